The Morgan fingerprint density at radius 3 is 2.25 bits per heavy atom. The van der Waals surface area contributed by atoms with Crippen LogP contribution in [-0.4, -0.2) is 35.0 Å². The lowest BCUT2D eigenvalue weighted by Crippen LogP contribution is -2.53. The largest absolute Gasteiger partial charge is 0.480 e. The summed E-state index contributed by atoms with van der Waals surface area (Å²) in [5, 5.41) is 9.19. The number of rotatable bonds is 4. The van der Waals surface area contributed by atoms with Gasteiger partial charge in [-0.25, -0.2) is 0 Å². The number of carbonyl (C=O) groups excluding carboxylic acids is 1. The number of hydrogen-bond acceptors (Lipinski definition) is 2. The van der Waals surface area contributed by atoms with Crippen molar-refractivity contribution in [3.8, 4) is 0 Å². The van der Waals surface area contributed by atoms with Crippen LogP contribution in [0.2, 0.25) is 0 Å². The van der Waals surface area contributed by atoms with E-state index in [1.807, 2.05) is 6.92 Å². The van der Waals surface area contributed by atoms with Crippen LogP contribution >= 0.6 is 0 Å². The van der Waals surface area contributed by atoms with E-state index >= 15 is 0 Å². The number of aliphatic carboxylic acids is 1. The Balaban J connectivity index is 2.07. The van der Waals surface area contributed by atoms with Crippen LogP contribution < -0.4 is 0 Å². The smallest absolute Gasteiger partial charge is 0.319 e. The third kappa shape index (κ3) is 1.60. The van der Waals surface area contributed by atoms with Crippen LogP contribution in [-0.2, 0) is 9.59 Å². The molecule has 0 spiro atoms. The molecular formula is C12H19NO3. The van der Waals surface area contributed by atoms with Crippen LogP contribution in [0.25, 0.3) is 0 Å². The van der Waals surface area contributed by atoms with Gasteiger partial charge in [0.2, 0.25) is 5.91 Å². The molecule has 0 aromatic rings. The van der Waals surface area contributed by atoms with Gasteiger partial charge in [0.1, 0.15) is 5.41 Å². The maximum Gasteiger partial charge on any atom is 0.319 e. The van der Waals surface area contributed by atoms with E-state index in [1.54, 1.807) is 11.9 Å². The first-order valence-electron chi connectivity index (χ1n) is 6.00. The van der Waals surface area contributed by atoms with Gasteiger partial charge < -0.3 is 10.0 Å². The highest BCUT2D eigenvalue weighted by atomic mass is 16.4. The maximum atomic E-state index is 12.2. The summed E-state index contributed by atoms with van der Waals surface area (Å²) in [4.78, 5) is 25.1. The van der Waals surface area contributed by atoms with E-state index in [0.29, 0.717) is 18.8 Å². The van der Waals surface area contributed by atoms with Crippen molar-refractivity contribution < 1.29 is 14.7 Å². The Bertz CT molecular complexity index is 318. The van der Waals surface area contributed by atoms with Gasteiger partial charge in [0, 0.05) is 13.1 Å². The topological polar surface area (TPSA) is 57.6 Å². The van der Waals surface area contributed by atoms with Crippen molar-refractivity contribution in [3.05, 3.63) is 0 Å². The van der Waals surface area contributed by atoms with Crippen LogP contribution in [0.5, 0.6) is 0 Å². The molecule has 0 aliphatic heterocycles. The molecule has 4 heteroatoms. The summed E-state index contributed by atoms with van der Waals surface area (Å²) >= 11 is 0. The lowest BCUT2D eigenvalue weighted by Gasteiger charge is -2.40. The van der Waals surface area contributed by atoms with Crippen LogP contribution in [0.4, 0.5) is 0 Å². The molecule has 2 aliphatic rings. The average Bonchev–Trinajstić information content (AvgIpc) is 2.95. The summed E-state index contributed by atoms with van der Waals surface area (Å²) in [6, 6.07) is 0.185. The van der Waals surface area contributed by atoms with Crippen molar-refractivity contribution in [3.63, 3.8) is 0 Å². The van der Waals surface area contributed by atoms with Gasteiger partial charge in [-0.1, -0.05) is 6.42 Å². The molecule has 2 fully saturated rings. The number of nitrogens with zero attached hydrogens (tertiary/aromatic N) is 1. The van der Waals surface area contributed by atoms with Crippen LogP contribution in [0.3, 0.4) is 0 Å². The first-order chi connectivity index (χ1) is 7.49. The molecule has 0 heterocycles. The molecule has 1 atom stereocenters. The quantitative estimate of drug-likeness (QED) is 0.738. The second-order valence-electron chi connectivity index (χ2n) is 5.23. The standard InChI is InChI=1S/C12H19NO3/c1-8(9-4-5-9)13(2)10(14)12(11(15)16)6-3-7-12/h8-9H,3-7H2,1-2H3,(H,15,16). The highest BCUT2D eigenvalue weighted by Gasteiger charge is 2.53. The van der Waals surface area contributed by atoms with E-state index in [1.165, 1.54) is 12.8 Å². The highest BCUT2D eigenvalue weighted by Crippen LogP contribution is 2.44. The predicted octanol–water partition coefficient (Wildman–Crippen LogP) is 1.50. The molecule has 0 saturated heterocycles. The number of hydrogen-bond donors (Lipinski definition) is 1. The van der Waals surface area contributed by atoms with Gasteiger partial charge in [0.15, 0.2) is 0 Å². The Hall–Kier alpha value is -1.06. The van der Waals surface area contributed by atoms with Gasteiger partial charge in [0.25, 0.3) is 0 Å². The Labute approximate surface area is 95.6 Å². The Morgan fingerprint density at radius 1 is 1.38 bits per heavy atom. The summed E-state index contributed by atoms with van der Waals surface area (Å²) in [5.74, 6) is -0.552. The minimum Gasteiger partial charge on any atom is -0.480 e. The van der Waals surface area contributed by atoms with Crippen LogP contribution in [0.15, 0.2) is 0 Å². The molecule has 1 N–H and O–H groups in total. The van der Waals surface area contributed by atoms with Crippen LogP contribution in [0, 0.1) is 11.3 Å². The van der Waals surface area contributed by atoms with E-state index in [-0.39, 0.29) is 11.9 Å². The minimum atomic E-state index is -1.10. The molecule has 4 nitrogen and oxygen atoms in total. The molecule has 1 amide bonds. The molecule has 2 saturated carbocycles. The zero-order valence-electron chi connectivity index (χ0n) is 9.90. The van der Waals surface area contributed by atoms with Crippen molar-refractivity contribution in [1.82, 2.24) is 4.90 Å². The molecule has 0 aromatic heterocycles. The van der Waals surface area contributed by atoms with Gasteiger partial charge in [-0.2, -0.15) is 0 Å². The summed E-state index contributed by atoms with van der Waals surface area (Å²) in [7, 11) is 1.74. The number of carboxylic acids is 1. The summed E-state index contributed by atoms with van der Waals surface area (Å²) in [6.45, 7) is 2.02. The first-order valence-corrected chi connectivity index (χ1v) is 6.00. The van der Waals surface area contributed by atoms with E-state index in [4.69, 9.17) is 0 Å². The molecule has 2 aliphatic carbocycles. The van der Waals surface area contributed by atoms with Crippen molar-refractivity contribution in [1.29, 1.82) is 0 Å². The molecule has 0 bridgehead atoms. The number of carboxylic acid groups (broad SMARTS) is 1. The lowest BCUT2D eigenvalue weighted by molar-refractivity contribution is -0.167. The van der Waals surface area contributed by atoms with Gasteiger partial charge >= 0.3 is 5.97 Å². The zero-order chi connectivity index (χ0) is 11.9. The van der Waals surface area contributed by atoms with Crippen molar-refractivity contribution in [2.75, 3.05) is 7.05 Å². The molecule has 2 rings (SSSR count). The van der Waals surface area contributed by atoms with E-state index in [9.17, 15) is 14.7 Å². The third-order valence-corrected chi connectivity index (χ3v) is 4.26. The second kappa shape index (κ2) is 3.75. The van der Waals surface area contributed by atoms with Gasteiger partial charge in [-0.15, -0.1) is 0 Å². The normalized spacial score (nSPS) is 24.4. The molecule has 1 unspecified atom stereocenters. The molecular weight excluding hydrogens is 206 g/mol. The number of amides is 1. The predicted molar refractivity (Wildman–Crippen MR) is 58.9 cm³/mol. The minimum absolute atomic E-state index is 0.185. The monoisotopic (exact) mass is 225 g/mol. The van der Waals surface area contributed by atoms with Crippen molar-refractivity contribution in [2.45, 2.75) is 45.1 Å². The first kappa shape index (κ1) is 11.4. The van der Waals surface area contributed by atoms with Crippen LogP contribution in [0.1, 0.15) is 39.0 Å². The fraction of sp³-hybridized carbons (Fsp3) is 0.833. The number of carbonyl (C=O) groups is 2. The van der Waals surface area contributed by atoms with E-state index in [0.717, 1.165) is 6.42 Å². The summed E-state index contributed by atoms with van der Waals surface area (Å²) in [5.41, 5.74) is -1.10. The SMILES string of the molecule is CC(C1CC1)N(C)C(=O)C1(C(=O)O)CCC1. The highest BCUT2D eigenvalue weighted by molar-refractivity contribution is 6.02. The lowest BCUT2D eigenvalue weighted by atomic mass is 9.67. The van der Waals surface area contributed by atoms with Gasteiger partial charge in [-0.05, 0) is 38.5 Å². The molecule has 0 aromatic carbocycles. The average molecular weight is 225 g/mol. The fourth-order valence-electron chi connectivity index (χ4n) is 2.47. The summed E-state index contributed by atoms with van der Waals surface area (Å²) in [6.07, 6.45) is 4.19. The molecule has 90 valence electrons. The third-order valence-electron chi connectivity index (χ3n) is 4.26. The molecule has 0 radical (unpaired) electrons. The van der Waals surface area contributed by atoms with Crippen molar-refractivity contribution in [2.24, 2.45) is 11.3 Å². The second-order valence-corrected chi connectivity index (χ2v) is 5.23. The van der Waals surface area contributed by atoms with E-state index in [2.05, 4.69) is 0 Å². The summed E-state index contributed by atoms with van der Waals surface area (Å²) < 4.78 is 0. The van der Waals surface area contributed by atoms with Crippen molar-refractivity contribution >= 4 is 11.9 Å². The zero-order valence-corrected chi connectivity index (χ0v) is 9.90. The van der Waals surface area contributed by atoms with Gasteiger partial charge in [0.05, 0.1) is 0 Å². The fourth-order valence-corrected chi connectivity index (χ4v) is 2.47. The molecule has 16 heavy (non-hydrogen) atoms. The van der Waals surface area contributed by atoms with Gasteiger partial charge in [-0.3, -0.25) is 9.59 Å². The Kier molecular flexibility index (Phi) is 2.68. The maximum absolute atomic E-state index is 12.2. The Morgan fingerprint density at radius 2 is 1.94 bits per heavy atom. The van der Waals surface area contributed by atoms with E-state index < -0.39 is 11.4 Å².